The Morgan fingerprint density at radius 1 is 1.07 bits per heavy atom. The first-order valence-electron chi connectivity index (χ1n) is 9.77. The van der Waals surface area contributed by atoms with Gasteiger partial charge < -0.3 is 14.5 Å². The maximum atomic E-state index is 13.1. The van der Waals surface area contributed by atoms with Crippen LogP contribution in [0.25, 0.3) is 0 Å². The van der Waals surface area contributed by atoms with E-state index in [9.17, 15) is 26.8 Å². The largest absolute Gasteiger partial charge is 0.434 e. The van der Waals surface area contributed by atoms with E-state index in [0.29, 0.717) is 38.9 Å². The molecule has 0 spiro atoms. The number of carbonyl (C=O) groups excluding carboxylic acids is 2. The van der Waals surface area contributed by atoms with E-state index in [4.69, 9.17) is 0 Å². The van der Waals surface area contributed by atoms with Crippen LogP contribution in [0.15, 0.2) is 24.3 Å². The van der Waals surface area contributed by atoms with Crippen LogP contribution in [0.1, 0.15) is 29.6 Å². The number of sulfonamides is 1. The Labute approximate surface area is 174 Å². The quantitative estimate of drug-likeness (QED) is 0.684. The molecule has 1 aromatic carbocycles. The second kappa shape index (κ2) is 9.25. The van der Waals surface area contributed by atoms with Crippen molar-refractivity contribution >= 4 is 21.8 Å². The van der Waals surface area contributed by atoms with Gasteiger partial charge in [0, 0.05) is 32.7 Å². The molecule has 1 aromatic rings. The van der Waals surface area contributed by atoms with E-state index in [1.807, 2.05) is 0 Å². The zero-order valence-corrected chi connectivity index (χ0v) is 17.5. The van der Waals surface area contributed by atoms with Gasteiger partial charge in [-0.05, 0) is 31.4 Å². The summed E-state index contributed by atoms with van der Waals surface area (Å²) in [5, 5.41) is 0. The molecule has 0 aromatic heterocycles. The number of carbonyl (C=O) groups is 2. The molecule has 30 heavy (non-hydrogen) atoms. The molecule has 3 rings (SSSR count). The summed E-state index contributed by atoms with van der Waals surface area (Å²) in [5.41, 5.74) is -0.0170. The number of alkyl halides is 2. The van der Waals surface area contributed by atoms with Crippen molar-refractivity contribution in [2.75, 3.05) is 39.0 Å². The molecular formula is C19H25F2N3O5S. The van der Waals surface area contributed by atoms with E-state index in [0.717, 1.165) is 6.26 Å². The Morgan fingerprint density at radius 3 is 2.50 bits per heavy atom. The Balaban J connectivity index is 1.74. The predicted octanol–water partition coefficient (Wildman–Crippen LogP) is 1.39. The van der Waals surface area contributed by atoms with E-state index in [1.54, 1.807) is 11.0 Å². The minimum atomic E-state index is -3.34. The van der Waals surface area contributed by atoms with E-state index in [2.05, 4.69) is 4.74 Å². The summed E-state index contributed by atoms with van der Waals surface area (Å²) in [6.07, 6.45) is 2.73. The number of nitrogens with zero attached hydrogens (tertiary/aromatic N) is 3. The SMILES string of the molecule is CS(=O)(=O)N1CCCN(C(=O)C2CCCN2C(=O)c2ccccc2OC(F)F)CC1. The number of benzene rings is 1. The number of likely N-dealkylation sites (tertiary alicyclic amines) is 1. The minimum absolute atomic E-state index is 0.0170. The number of hydrogen-bond acceptors (Lipinski definition) is 5. The molecule has 8 nitrogen and oxygen atoms in total. The normalized spacial score (nSPS) is 21.0. The molecule has 2 heterocycles. The van der Waals surface area contributed by atoms with Gasteiger partial charge in [-0.25, -0.2) is 12.7 Å². The Morgan fingerprint density at radius 2 is 1.80 bits per heavy atom. The molecule has 2 saturated heterocycles. The highest BCUT2D eigenvalue weighted by atomic mass is 32.2. The zero-order valence-electron chi connectivity index (χ0n) is 16.7. The summed E-state index contributed by atoms with van der Waals surface area (Å²) in [7, 11) is -3.34. The lowest BCUT2D eigenvalue weighted by molar-refractivity contribution is -0.135. The van der Waals surface area contributed by atoms with Gasteiger partial charge in [-0.1, -0.05) is 12.1 Å². The number of hydrogen-bond donors (Lipinski definition) is 0. The van der Waals surface area contributed by atoms with Gasteiger partial charge in [0.15, 0.2) is 0 Å². The van der Waals surface area contributed by atoms with E-state index in [-0.39, 0.29) is 30.3 Å². The Bertz CT molecular complexity index is 896. The van der Waals surface area contributed by atoms with Crippen molar-refractivity contribution in [2.24, 2.45) is 0 Å². The molecule has 0 N–H and O–H groups in total. The van der Waals surface area contributed by atoms with Gasteiger partial charge in [-0.2, -0.15) is 8.78 Å². The van der Waals surface area contributed by atoms with Crippen LogP contribution in [-0.4, -0.2) is 86.0 Å². The van der Waals surface area contributed by atoms with Crippen LogP contribution in [0.3, 0.4) is 0 Å². The lowest BCUT2D eigenvalue weighted by Gasteiger charge is -2.30. The fourth-order valence-electron chi connectivity index (χ4n) is 3.92. The van der Waals surface area contributed by atoms with Gasteiger partial charge in [-0.15, -0.1) is 0 Å². The smallest absolute Gasteiger partial charge is 0.387 e. The van der Waals surface area contributed by atoms with Crippen LogP contribution in [0, 0.1) is 0 Å². The predicted molar refractivity (Wildman–Crippen MR) is 105 cm³/mol. The van der Waals surface area contributed by atoms with Crippen LogP contribution in [0.2, 0.25) is 0 Å². The van der Waals surface area contributed by atoms with Crippen molar-refractivity contribution in [3.63, 3.8) is 0 Å². The van der Waals surface area contributed by atoms with Gasteiger partial charge in [0.2, 0.25) is 15.9 Å². The van der Waals surface area contributed by atoms with Gasteiger partial charge in [-0.3, -0.25) is 9.59 Å². The lowest BCUT2D eigenvalue weighted by Crippen LogP contribution is -2.49. The topological polar surface area (TPSA) is 87.2 Å². The zero-order chi connectivity index (χ0) is 21.9. The highest BCUT2D eigenvalue weighted by molar-refractivity contribution is 7.88. The van der Waals surface area contributed by atoms with E-state index >= 15 is 0 Å². The molecule has 1 unspecified atom stereocenters. The van der Waals surface area contributed by atoms with Crippen LogP contribution in [0.5, 0.6) is 5.75 Å². The van der Waals surface area contributed by atoms with Gasteiger partial charge >= 0.3 is 6.61 Å². The first-order valence-corrected chi connectivity index (χ1v) is 11.6. The summed E-state index contributed by atoms with van der Waals surface area (Å²) >= 11 is 0. The molecule has 1 atom stereocenters. The fraction of sp³-hybridized carbons (Fsp3) is 0.579. The number of amides is 2. The molecule has 0 bridgehead atoms. The number of ether oxygens (including phenoxy) is 1. The highest BCUT2D eigenvalue weighted by Crippen LogP contribution is 2.27. The lowest BCUT2D eigenvalue weighted by atomic mass is 10.1. The van der Waals surface area contributed by atoms with E-state index < -0.39 is 28.6 Å². The third-order valence-electron chi connectivity index (χ3n) is 5.37. The summed E-state index contributed by atoms with van der Waals surface area (Å²) < 4.78 is 54.7. The average Bonchev–Trinajstić information content (AvgIpc) is 3.02. The Kier molecular flexibility index (Phi) is 6.91. The number of halogens is 2. The average molecular weight is 445 g/mol. The summed E-state index contributed by atoms with van der Waals surface area (Å²) in [5.74, 6) is -1.01. The molecular weight excluding hydrogens is 420 g/mol. The van der Waals surface area contributed by atoms with Crippen molar-refractivity contribution in [3.8, 4) is 5.75 Å². The highest BCUT2D eigenvalue weighted by Gasteiger charge is 2.38. The summed E-state index contributed by atoms with van der Waals surface area (Å²) in [4.78, 5) is 29.2. The second-order valence-electron chi connectivity index (χ2n) is 7.37. The minimum Gasteiger partial charge on any atom is -0.434 e. The van der Waals surface area contributed by atoms with Crippen molar-refractivity contribution in [2.45, 2.75) is 31.9 Å². The van der Waals surface area contributed by atoms with Crippen LogP contribution in [-0.2, 0) is 14.8 Å². The Hall–Kier alpha value is -2.27. The van der Waals surface area contributed by atoms with Crippen molar-refractivity contribution in [1.82, 2.24) is 14.1 Å². The molecule has 0 radical (unpaired) electrons. The van der Waals surface area contributed by atoms with Gasteiger partial charge in [0.05, 0.1) is 11.8 Å². The second-order valence-corrected chi connectivity index (χ2v) is 9.35. The van der Waals surface area contributed by atoms with Crippen molar-refractivity contribution in [1.29, 1.82) is 0 Å². The molecule has 2 fully saturated rings. The van der Waals surface area contributed by atoms with Crippen molar-refractivity contribution in [3.05, 3.63) is 29.8 Å². The standard InChI is InChI=1S/C19H25F2N3O5S/c1-30(27,28)23-10-5-9-22(12-13-23)18(26)15-7-4-11-24(15)17(25)14-6-2-3-8-16(14)29-19(20)21/h2-3,6,8,15,19H,4-5,7,9-13H2,1H3. The van der Waals surface area contributed by atoms with Crippen LogP contribution < -0.4 is 4.74 Å². The number of para-hydroxylation sites is 1. The van der Waals surface area contributed by atoms with Crippen molar-refractivity contribution < 1.29 is 31.5 Å². The molecule has 11 heteroatoms. The third-order valence-corrected chi connectivity index (χ3v) is 6.67. The fourth-order valence-corrected chi connectivity index (χ4v) is 4.79. The molecule has 2 aliphatic rings. The monoisotopic (exact) mass is 445 g/mol. The molecule has 0 aliphatic carbocycles. The number of rotatable bonds is 5. The maximum Gasteiger partial charge on any atom is 0.387 e. The maximum absolute atomic E-state index is 13.1. The van der Waals surface area contributed by atoms with Gasteiger partial charge in [0.1, 0.15) is 11.8 Å². The first-order chi connectivity index (χ1) is 14.2. The van der Waals surface area contributed by atoms with Crippen LogP contribution >= 0.6 is 0 Å². The molecule has 2 aliphatic heterocycles. The molecule has 2 amide bonds. The molecule has 166 valence electrons. The van der Waals surface area contributed by atoms with E-state index in [1.165, 1.54) is 27.4 Å². The molecule has 0 saturated carbocycles. The van der Waals surface area contributed by atoms with Crippen LogP contribution in [0.4, 0.5) is 8.78 Å². The van der Waals surface area contributed by atoms with Gasteiger partial charge in [0.25, 0.3) is 5.91 Å². The summed E-state index contributed by atoms with van der Waals surface area (Å²) in [6.45, 7) is -1.54. The summed E-state index contributed by atoms with van der Waals surface area (Å²) in [6, 6.07) is 5.03. The first kappa shape index (κ1) is 22.4. The third kappa shape index (κ3) is 5.07.